The van der Waals surface area contributed by atoms with Crippen molar-refractivity contribution in [2.45, 2.75) is 18.6 Å². The van der Waals surface area contributed by atoms with E-state index in [4.69, 9.17) is 0 Å². The zero-order chi connectivity index (χ0) is 18.8. The quantitative estimate of drug-likeness (QED) is 0.798. The van der Waals surface area contributed by atoms with Crippen LogP contribution in [0.4, 0.5) is 10.1 Å². The first-order valence-corrected chi connectivity index (χ1v) is 9.45. The Labute approximate surface area is 148 Å². The number of anilines is 1. The summed E-state index contributed by atoms with van der Waals surface area (Å²) in [5, 5.41) is 0. The lowest BCUT2D eigenvalue weighted by Gasteiger charge is -2.25. The van der Waals surface area contributed by atoms with E-state index in [1.807, 2.05) is 25.1 Å². The Bertz CT molecular complexity index is 724. The highest BCUT2D eigenvalue weighted by atomic mass is 32.2. The van der Waals surface area contributed by atoms with E-state index < -0.39 is 22.4 Å². The van der Waals surface area contributed by atoms with Crippen LogP contribution in [-0.4, -0.2) is 77.0 Å². The highest BCUT2D eigenvalue weighted by Gasteiger charge is 2.36. The van der Waals surface area contributed by atoms with Crippen LogP contribution in [0, 0.1) is 0 Å². The summed E-state index contributed by atoms with van der Waals surface area (Å²) < 4.78 is 41.0. The second-order valence-electron chi connectivity index (χ2n) is 6.52. The van der Waals surface area contributed by atoms with E-state index in [1.54, 1.807) is 18.2 Å². The molecule has 1 aromatic carbocycles. The number of halogens is 1. The second kappa shape index (κ2) is 7.67. The molecule has 0 aliphatic carbocycles. The van der Waals surface area contributed by atoms with E-state index >= 15 is 0 Å². The lowest BCUT2D eigenvalue weighted by molar-refractivity contribution is 0.0731. The normalized spacial score (nSPS) is 21.0. The van der Waals surface area contributed by atoms with Gasteiger partial charge >= 0.3 is 0 Å². The molecule has 0 radical (unpaired) electrons. The summed E-state index contributed by atoms with van der Waals surface area (Å²) in [6.45, 7) is -0.0422. The lowest BCUT2D eigenvalue weighted by Crippen LogP contribution is -2.45. The molecule has 1 fully saturated rings. The van der Waals surface area contributed by atoms with E-state index in [9.17, 15) is 17.6 Å². The van der Waals surface area contributed by atoms with Crippen LogP contribution in [-0.2, 0) is 10.2 Å². The highest BCUT2D eigenvalue weighted by molar-refractivity contribution is 7.87. The van der Waals surface area contributed by atoms with Gasteiger partial charge in [0.15, 0.2) is 0 Å². The molecule has 1 heterocycles. The molecule has 2 unspecified atom stereocenters. The average Bonchev–Trinajstić information content (AvgIpc) is 2.93. The molecule has 0 bridgehead atoms. The van der Waals surface area contributed by atoms with Gasteiger partial charge in [0.1, 0.15) is 6.17 Å². The molecule has 140 valence electrons. The van der Waals surface area contributed by atoms with Crippen molar-refractivity contribution in [3.63, 3.8) is 0 Å². The Morgan fingerprint density at radius 1 is 1.32 bits per heavy atom. The topological polar surface area (TPSA) is 73.0 Å². The number of amides is 1. The number of carbonyl (C=O) groups excluding carboxylic acids is 1. The van der Waals surface area contributed by atoms with E-state index in [0.29, 0.717) is 5.56 Å². The summed E-state index contributed by atoms with van der Waals surface area (Å²) in [6, 6.07) is 6.56. The molecule has 1 amide bonds. The third kappa shape index (κ3) is 4.68. The van der Waals surface area contributed by atoms with Gasteiger partial charge < -0.3 is 9.80 Å². The molecule has 0 aromatic heterocycles. The van der Waals surface area contributed by atoms with Gasteiger partial charge in [0, 0.05) is 58.4 Å². The molecule has 1 aliphatic rings. The zero-order valence-corrected chi connectivity index (χ0v) is 15.8. The van der Waals surface area contributed by atoms with Gasteiger partial charge in [-0.05, 0) is 18.2 Å². The molecular weight excluding hydrogens is 347 g/mol. The van der Waals surface area contributed by atoms with Crippen LogP contribution < -0.4 is 9.62 Å². The summed E-state index contributed by atoms with van der Waals surface area (Å²) in [4.78, 5) is 16.1. The minimum atomic E-state index is -3.62. The van der Waals surface area contributed by atoms with Gasteiger partial charge in [-0.15, -0.1) is 0 Å². The van der Waals surface area contributed by atoms with Gasteiger partial charge in [0.25, 0.3) is 16.1 Å². The van der Waals surface area contributed by atoms with Crippen molar-refractivity contribution in [3.8, 4) is 0 Å². The summed E-state index contributed by atoms with van der Waals surface area (Å²) in [5.41, 5.74) is 1.33. The maximum absolute atomic E-state index is 13.9. The molecular formula is C16H25FN4O3S. The molecule has 9 heteroatoms. The molecule has 1 aliphatic heterocycles. The third-order valence-electron chi connectivity index (χ3n) is 4.22. The number of benzene rings is 1. The second-order valence-corrected chi connectivity index (χ2v) is 8.49. The highest BCUT2D eigenvalue weighted by Crippen LogP contribution is 2.24. The molecule has 2 atom stereocenters. The molecule has 1 aromatic rings. The fourth-order valence-electron chi connectivity index (χ4n) is 2.72. The maximum atomic E-state index is 13.9. The first-order chi connectivity index (χ1) is 11.6. The predicted molar refractivity (Wildman–Crippen MR) is 95.7 cm³/mol. The summed E-state index contributed by atoms with van der Waals surface area (Å²) in [7, 11) is 2.94. The van der Waals surface area contributed by atoms with E-state index in [1.165, 1.54) is 19.0 Å². The number of likely N-dealkylation sites (tertiary alicyclic amines) is 1. The van der Waals surface area contributed by atoms with Gasteiger partial charge in [0.05, 0.1) is 6.54 Å². The van der Waals surface area contributed by atoms with Crippen molar-refractivity contribution in [2.24, 2.45) is 0 Å². The van der Waals surface area contributed by atoms with E-state index in [-0.39, 0.29) is 25.4 Å². The smallest absolute Gasteiger partial charge is 0.279 e. The molecule has 7 nitrogen and oxygen atoms in total. The maximum Gasteiger partial charge on any atom is 0.279 e. The molecule has 0 saturated carbocycles. The van der Waals surface area contributed by atoms with Crippen LogP contribution >= 0.6 is 0 Å². The zero-order valence-electron chi connectivity index (χ0n) is 14.9. The average molecular weight is 372 g/mol. The number of carbonyl (C=O) groups is 1. The minimum absolute atomic E-state index is 0.0138. The molecule has 2 rings (SSSR count). The fraction of sp³-hybridized carbons (Fsp3) is 0.562. The number of alkyl halides is 1. The number of rotatable bonds is 6. The summed E-state index contributed by atoms with van der Waals surface area (Å²) in [6.07, 6.45) is -1.04. The Balaban J connectivity index is 2.15. The Morgan fingerprint density at radius 3 is 2.60 bits per heavy atom. The van der Waals surface area contributed by atoms with Crippen LogP contribution in [0.3, 0.4) is 0 Å². The summed E-state index contributed by atoms with van der Waals surface area (Å²) >= 11 is 0. The first-order valence-electron chi connectivity index (χ1n) is 8.01. The Morgan fingerprint density at radius 2 is 2.00 bits per heavy atom. The van der Waals surface area contributed by atoms with Gasteiger partial charge in [-0.3, -0.25) is 4.79 Å². The number of nitrogens with zero attached hydrogens (tertiary/aromatic N) is 3. The minimum Gasteiger partial charge on any atom is -0.378 e. The van der Waals surface area contributed by atoms with Gasteiger partial charge in [-0.2, -0.15) is 12.7 Å². The van der Waals surface area contributed by atoms with Crippen LogP contribution in [0.1, 0.15) is 16.8 Å². The standard InChI is InChI=1S/C16H25FN4O3S/c1-19(2)14-7-5-6-12(8-14)16(22)21-11-13(17)9-15(21)10-18-25(23,24)20(3)4/h5-8,13,15,18H,9-11H2,1-4H3. The van der Waals surface area contributed by atoms with Crippen molar-refractivity contribution in [2.75, 3.05) is 46.2 Å². The van der Waals surface area contributed by atoms with Crippen LogP contribution in [0.2, 0.25) is 0 Å². The number of hydrogen-bond acceptors (Lipinski definition) is 4. The molecule has 25 heavy (non-hydrogen) atoms. The van der Waals surface area contributed by atoms with Gasteiger partial charge in [-0.25, -0.2) is 9.11 Å². The van der Waals surface area contributed by atoms with Crippen molar-refractivity contribution >= 4 is 21.8 Å². The van der Waals surface area contributed by atoms with Gasteiger partial charge in [-0.1, -0.05) is 6.07 Å². The Kier molecular flexibility index (Phi) is 6.02. The van der Waals surface area contributed by atoms with Gasteiger partial charge in [0.2, 0.25) is 0 Å². The molecule has 1 saturated heterocycles. The van der Waals surface area contributed by atoms with Crippen molar-refractivity contribution in [1.29, 1.82) is 0 Å². The largest absolute Gasteiger partial charge is 0.378 e. The van der Waals surface area contributed by atoms with Crippen LogP contribution in [0.5, 0.6) is 0 Å². The van der Waals surface area contributed by atoms with Crippen LogP contribution in [0.15, 0.2) is 24.3 Å². The monoisotopic (exact) mass is 372 g/mol. The predicted octanol–water partition coefficient (Wildman–Crippen LogP) is 0.701. The number of hydrogen-bond donors (Lipinski definition) is 1. The van der Waals surface area contributed by atoms with E-state index in [2.05, 4.69) is 4.72 Å². The van der Waals surface area contributed by atoms with Crippen molar-refractivity contribution in [1.82, 2.24) is 13.9 Å². The lowest BCUT2D eigenvalue weighted by atomic mass is 10.1. The first kappa shape index (κ1) is 19.6. The summed E-state index contributed by atoms with van der Waals surface area (Å²) in [5.74, 6) is -0.294. The fourth-order valence-corrected chi connectivity index (χ4v) is 3.38. The van der Waals surface area contributed by atoms with E-state index in [0.717, 1.165) is 9.99 Å². The van der Waals surface area contributed by atoms with Crippen LogP contribution in [0.25, 0.3) is 0 Å². The Hall–Kier alpha value is -1.71. The van der Waals surface area contributed by atoms with Crippen molar-refractivity contribution < 1.29 is 17.6 Å². The molecule has 1 N–H and O–H groups in total. The van der Waals surface area contributed by atoms with Crippen molar-refractivity contribution in [3.05, 3.63) is 29.8 Å². The number of nitrogens with one attached hydrogen (secondary N) is 1. The SMILES string of the molecule is CN(C)c1cccc(C(=O)N2CC(F)CC2CNS(=O)(=O)N(C)C)c1. The molecule has 0 spiro atoms. The third-order valence-corrected chi connectivity index (χ3v) is 5.71.